The van der Waals surface area contributed by atoms with Crippen molar-refractivity contribution in [1.29, 1.82) is 0 Å². The van der Waals surface area contributed by atoms with Crippen LogP contribution in [0.3, 0.4) is 0 Å². The second-order valence-electron chi connectivity index (χ2n) is 5.78. The zero-order chi connectivity index (χ0) is 19.7. The number of nitrogens with one attached hydrogen (secondary N) is 1. The number of hydrogen-bond acceptors (Lipinski definition) is 7. The standard InChI is InChI=1S/C19H12N4O3S2/c24-15-4-2-1-3-12(15)17(25)22-23-18(26)16(28-19(23)27)10-11-5-6-13-14(9-11)21-8-7-20-13/h1-10,24H,(H,22,25)/b16-10+. The first-order valence-electron chi connectivity index (χ1n) is 8.10. The summed E-state index contributed by atoms with van der Waals surface area (Å²) in [6.07, 6.45) is 4.89. The van der Waals surface area contributed by atoms with E-state index in [0.717, 1.165) is 27.9 Å². The fourth-order valence-corrected chi connectivity index (χ4v) is 3.79. The summed E-state index contributed by atoms with van der Waals surface area (Å²) in [5, 5.41) is 10.8. The number of hydrazine groups is 1. The van der Waals surface area contributed by atoms with E-state index in [-0.39, 0.29) is 15.6 Å². The molecule has 2 N–H and O–H groups in total. The minimum atomic E-state index is -0.628. The van der Waals surface area contributed by atoms with Crippen molar-refractivity contribution >= 4 is 57.2 Å². The summed E-state index contributed by atoms with van der Waals surface area (Å²) >= 11 is 6.30. The molecule has 4 rings (SSSR count). The summed E-state index contributed by atoms with van der Waals surface area (Å²) in [7, 11) is 0. The van der Waals surface area contributed by atoms with E-state index >= 15 is 0 Å². The average molecular weight is 408 g/mol. The SMILES string of the molecule is O=C(NN1C(=O)/C(=C\c2ccc3nccnc3c2)SC1=S)c1ccccc1O. The molecule has 0 bridgehead atoms. The minimum absolute atomic E-state index is 0.0497. The van der Waals surface area contributed by atoms with E-state index in [4.69, 9.17) is 12.2 Å². The van der Waals surface area contributed by atoms with Gasteiger partial charge >= 0.3 is 0 Å². The molecule has 0 spiro atoms. The molecule has 1 aromatic heterocycles. The van der Waals surface area contributed by atoms with Crippen LogP contribution in [-0.4, -0.2) is 36.2 Å². The van der Waals surface area contributed by atoms with Gasteiger partial charge in [-0.15, -0.1) is 0 Å². The zero-order valence-electron chi connectivity index (χ0n) is 14.2. The first-order valence-corrected chi connectivity index (χ1v) is 9.33. The normalized spacial score (nSPS) is 15.4. The first kappa shape index (κ1) is 18.1. The third kappa shape index (κ3) is 3.45. The number of carbonyl (C=O) groups is 2. The first-order chi connectivity index (χ1) is 13.5. The molecule has 7 nitrogen and oxygen atoms in total. The summed E-state index contributed by atoms with van der Waals surface area (Å²) in [5.41, 5.74) is 4.71. The van der Waals surface area contributed by atoms with Crippen molar-refractivity contribution in [1.82, 2.24) is 20.4 Å². The van der Waals surface area contributed by atoms with Crippen molar-refractivity contribution in [3.8, 4) is 5.75 Å². The number of thiocarbonyl (C=S) groups is 1. The largest absolute Gasteiger partial charge is 0.507 e. The van der Waals surface area contributed by atoms with Crippen LogP contribution in [0.1, 0.15) is 15.9 Å². The van der Waals surface area contributed by atoms with E-state index in [2.05, 4.69) is 15.4 Å². The van der Waals surface area contributed by atoms with Gasteiger partial charge in [-0.05, 0) is 48.1 Å². The molecule has 138 valence electrons. The third-order valence-electron chi connectivity index (χ3n) is 3.95. The fraction of sp³-hybridized carbons (Fsp3) is 0. The second-order valence-corrected chi connectivity index (χ2v) is 7.46. The van der Waals surface area contributed by atoms with Crippen molar-refractivity contribution in [2.75, 3.05) is 0 Å². The van der Waals surface area contributed by atoms with Crippen LogP contribution < -0.4 is 5.43 Å². The van der Waals surface area contributed by atoms with Crippen LogP contribution in [0.15, 0.2) is 59.8 Å². The number of carbonyl (C=O) groups excluding carboxylic acids is 2. The van der Waals surface area contributed by atoms with E-state index in [0.29, 0.717) is 10.4 Å². The number of aromatic nitrogens is 2. The van der Waals surface area contributed by atoms with Crippen LogP contribution in [0, 0.1) is 0 Å². The highest BCUT2D eigenvalue weighted by atomic mass is 32.2. The van der Waals surface area contributed by atoms with Crippen LogP contribution in [0.5, 0.6) is 5.75 Å². The predicted octanol–water partition coefficient (Wildman–Crippen LogP) is 2.88. The van der Waals surface area contributed by atoms with Gasteiger partial charge < -0.3 is 5.11 Å². The Bertz CT molecular complexity index is 1160. The molecule has 0 radical (unpaired) electrons. The van der Waals surface area contributed by atoms with Gasteiger partial charge in [-0.3, -0.25) is 25.0 Å². The molecule has 0 unspecified atom stereocenters. The number of para-hydroxylation sites is 1. The maximum atomic E-state index is 12.7. The Hall–Kier alpha value is -3.30. The smallest absolute Gasteiger partial charge is 0.285 e. The monoisotopic (exact) mass is 408 g/mol. The van der Waals surface area contributed by atoms with Crippen molar-refractivity contribution in [3.05, 3.63) is 70.9 Å². The van der Waals surface area contributed by atoms with Crippen molar-refractivity contribution in [2.24, 2.45) is 0 Å². The number of thioether (sulfide) groups is 1. The highest BCUT2D eigenvalue weighted by molar-refractivity contribution is 8.26. The van der Waals surface area contributed by atoms with Crippen LogP contribution in [0.25, 0.3) is 17.1 Å². The van der Waals surface area contributed by atoms with Gasteiger partial charge in [0.15, 0.2) is 4.32 Å². The number of hydrogen-bond donors (Lipinski definition) is 2. The van der Waals surface area contributed by atoms with Gasteiger partial charge in [0.25, 0.3) is 11.8 Å². The number of phenols is 1. The molecule has 0 saturated carbocycles. The molecule has 3 aromatic rings. The van der Waals surface area contributed by atoms with Crippen LogP contribution >= 0.6 is 24.0 Å². The van der Waals surface area contributed by atoms with Gasteiger partial charge in [0.05, 0.1) is 21.5 Å². The van der Waals surface area contributed by atoms with Crippen LogP contribution in [0.4, 0.5) is 0 Å². The Morgan fingerprint density at radius 1 is 1.14 bits per heavy atom. The predicted molar refractivity (Wildman–Crippen MR) is 110 cm³/mol. The molecule has 1 fully saturated rings. The minimum Gasteiger partial charge on any atom is -0.507 e. The maximum Gasteiger partial charge on any atom is 0.285 e. The van der Waals surface area contributed by atoms with Crippen LogP contribution in [-0.2, 0) is 4.79 Å². The molecule has 0 aliphatic carbocycles. The molecule has 1 saturated heterocycles. The Kier molecular flexibility index (Phi) is 4.76. The molecular formula is C19H12N4O3S2. The highest BCUT2D eigenvalue weighted by Crippen LogP contribution is 2.32. The number of rotatable bonds is 3. The molecule has 1 aliphatic rings. The van der Waals surface area contributed by atoms with Gasteiger partial charge in [-0.25, -0.2) is 0 Å². The van der Waals surface area contributed by atoms with Crippen LogP contribution in [0.2, 0.25) is 0 Å². The third-order valence-corrected chi connectivity index (χ3v) is 5.25. The molecule has 2 amide bonds. The molecule has 2 aromatic carbocycles. The summed E-state index contributed by atoms with van der Waals surface area (Å²) in [6, 6.07) is 11.5. The lowest BCUT2D eigenvalue weighted by Gasteiger charge is -2.16. The number of amides is 2. The molecule has 2 heterocycles. The Morgan fingerprint density at radius 2 is 1.89 bits per heavy atom. The topological polar surface area (TPSA) is 95.4 Å². The molecule has 0 atom stereocenters. The summed E-state index contributed by atoms with van der Waals surface area (Å²) in [5.74, 6) is -1.26. The quantitative estimate of drug-likeness (QED) is 0.508. The van der Waals surface area contributed by atoms with E-state index in [9.17, 15) is 14.7 Å². The molecule has 9 heteroatoms. The van der Waals surface area contributed by atoms with E-state index in [1.54, 1.807) is 30.6 Å². The lowest BCUT2D eigenvalue weighted by molar-refractivity contribution is -0.123. The van der Waals surface area contributed by atoms with Gasteiger partial charge in [0, 0.05) is 12.4 Å². The zero-order valence-corrected chi connectivity index (χ0v) is 15.8. The fourth-order valence-electron chi connectivity index (χ4n) is 2.61. The van der Waals surface area contributed by atoms with Crippen molar-refractivity contribution in [3.63, 3.8) is 0 Å². The Morgan fingerprint density at radius 3 is 2.68 bits per heavy atom. The van der Waals surface area contributed by atoms with Gasteiger partial charge in [0.2, 0.25) is 0 Å². The molecule has 1 aliphatic heterocycles. The number of aromatic hydroxyl groups is 1. The second kappa shape index (κ2) is 7.37. The number of nitrogens with zero attached hydrogens (tertiary/aromatic N) is 3. The van der Waals surface area contributed by atoms with E-state index < -0.39 is 11.8 Å². The van der Waals surface area contributed by atoms with Gasteiger partial charge in [-0.1, -0.05) is 30.0 Å². The summed E-state index contributed by atoms with van der Waals surface area (Å²) in [6.45, 7) is 0. The van der Waals surface area contributed by atoms with Crippen molar-refractivity contribution in [2.45, 2.75) is 0 Å². The lowest BCUT2D eigenvalue weighted by atomic mass is 10.2. The lowest BCUT2D eigenvalue weighted by Crippen LogP contribution is -2.44. The van der Waals surface area contributed by atoms with E-state index in [1.165, 1.54) is 12.1 Å². The van der Waals surface area contributed by atoms with Gasteiger partial charge in [-0.2, -0.15) is 5.01 Å². The Balaban J connectivity index is 1.57. The van der Waals surface area contributed by atoms with Gasteiger partial charge in [0.1, 0.15) is 5.75 Å². The average Bonchev–Trinajstić information content (AvgIpc) is 2.95. The molecular weight excluding hydrogens is 396 g/mol. The highest BCUT2D eigenvalue weighted by Gasteiger charge is 2.34. The summed E-state index contributed by atoms with van der Waals surface area (Å²) in [4.78, 5) is 33.9. The number of benzene rings is 2. The maximum absolute atomic E-state index is 12.7. The number of fused-ring (bicyclic) bond motifs is 1. The van der Waals surface area contributed by atoms with Crippen molar-refractivity contribution < 1.29 is 14.7 Å². The summed E-state index contributed by atoms with van der Waals surface area (Å²) < 4.78 is 0.195. The van der Waals surface area contributed by atoms with E-state index in [1.807, 2.05) is 18.2 Å². The molecule has 28 heavy (non-hydrogen) atoms. The number of phenolic OH excluding ortho intramolecular Hbond substituents is 1. The Labute approximate surface area is 169 Å².